The summed E-state index contributed by atoms with van der Waals surface area (Å²) in [4.78, 5) is 40.0. The first-order valence-electron chi connectivity index (χ1n) is 9.68. The fourth-order valence-corrected chi connectivity index (χ4v) is 3.93. The van der Waals surface area contributed by atoms with Crippen molar-refractivity contribution < 1.29 is 32.7 Å². The lowest BCUT2D eigenvalue weighted by Gasteiger charge is -2.41. The second kappa shape index (κ2) is 8.47. The Morgan fingerprint density at radius 3 is 2.36 bits per heavy atom. The molecular formula is C24H19F3N2O4. The average Bonchev–Trinajstić information content (AvgIpc) is 2.75. The van der Waals surface area contributed by atoms with E-state index in [2.05, 4.69) is 5.92 Å². The molecule has 0 spiro atoms. The second-order valence-corrected chi connectivity index (χ2v) is 7.49. The molecule has 1 N–H and O–H groups in total. The molecule has 1 atom stereocenters. The summed E-state index contributed by atoms with van der Waals surface area (Å²) < 4.78 is 39.7. The summed E-state index contributed by atoms with van der Waals surface area (Å²) in [6, 6.07) is 6.58. The Bertz CT molecular complexity index is 1240. The molecular weight excluding hydrogens is 437 g/mol. The summed E-state index contributed by atoms with van der Waals surface area (Å²) in [6.07, 6.45) is 0.736. The number of halogens is 3. The van der Waals surface area contributed by atoms with Gasteiger partial charge in [0.05, 0.1) is 22.9 Å². The Hall–Kier alpha value is -4.06. The molecule has 170 valence electrons. The number of nitrogens with zero attached hydrogens (tertiary/aromatic N) is 2. The van der Waals surface area contributed by atoms with Crippen LogP contribution in [0.5, 0.6) is 0 Å². The van der Waals surface area contributed by atoms with Gasteiger partial charge in [-0.25, -0.2) is 9.59 Å². The Morgan fingerprint density at radius 2 is 1.82 bits per heavy atom. The fourth-order valence-electron chi connectivity index (χ4n) is 3.93. The highest BCUT2D eigenvalue weighted by atomic mass is 19.4. The summed E-state index contributed by atoms with van der Waals surface area (Å²) in [7, 11) is 1.35. The number of aromatic carboxylic acids is 1. The number of carboxylic acid groups (broad SMARTS) is 1. The molecule has 0 aromatic heterocycles. The van der Waals surface area contributed by atoms with E-state index in [4.69, 9.17) is 6.42 Å². The van der Waals surface area contributed by atoms with Crippen molar-refractivity contribution in [1.29, 1.82) is 0 Å². The van der Waals surface area contributed by atoms with Crippen LogP contribution in [0.3, 0.4) is 0 Å². The Morgan fingerprint density at radius 1 is 1.15 bits per heavy atom. The smallest absolute Gasteiger partial charge is 0.416 e. The normalized spacial score (nSPS) is 16.6. The van der Waals surface area contributed by atoms with Gasteiger partial charge in [0.15, 0.2) is 5.78 Å². The largest absolute Gasteiger partial charge is 0.478 e. The number of carboxylic acids is 1. The van der Waals surface area contributed by atoms with Gasteiger partial charge in [-0.15, -0.1) is 6.42 Å². The van der Waals surface area contributed by atoms with E-state index < -0.39 is 35.6 Å². The third-order valence-electron chi connectivity index (χ3n) is 5.43. The minimum atomic E-state index is -4.63. The molecule has 2 aromatic rings. The van der Waals surface area contributed by atoms with Gasteiger partial charge in [-0.05, 0) is 49.7 Å². The molecule has 1 aliphatic rings. The highest BCUT2D eigenvalue weighted by Crippen LogP contribution is 2.41. The number of anilines is 1. The van der Waals surface area contributed by atoms with Crippen molar-refractivity contribution in [2.75, 3.05) is 11.9 Å². The lowest BCUT2D eigenvalue weighted by Crippen LogP contribution is -2.49. The fraction of sp³-hybridized carbons (Fsp3) is 0.208. The topological polar surface area (TPSA) is 77.9 Å². The number of benzene rings is 2. The summed E-state index contributed by atoms with van der Waals surface area (Å²) in [5, 5.41) is 9.71. The van der Waals surface area contributed by atoms with E-state index in [1.54, 1.807) is 0 Å². The third kappa shape index (κ3) is 4.20. The van der Waals surface area contributed by atoms with Crippen LogP contribution in [-0.4, -0.2) is 34.8 Å². The first-order valence-corrected chi connectivity index (χ1v) is 9.68. The summed E-state index contributed by atoms with van der Waals surface area (Å²) in [5.41, 5.74) is -0.570. The second-order valence-electron chi connectivity index (χ2n) is 7.49. The number of allylic oxidation sites excluding steroid dienone is 1. The van der Waals surface area contributed by atoms with Gasteiger partial charge in [-0.1, -0.05) is 18.1 Å². The van der Waals surface area contributed by atoms with Crippen molar-refractivity contribution >= 4 is 23.5 Å². The number of carbonyl (C=O) groups is 3. The van der Waals surface area contributed by atoms with Crippen LogP contribution in [0.15, 0.2) is 53.7 Å². The Labute approximate surface area is 187 Å². The van der Waals surface area contributed by atoms with Gasteiger partial charge in [-0.2, -0.15) is 13.2 Å². The van der Waals surface area contributed by atoms with Gasteiger partial charge < -0.3 is 10.0 Å². The molecule has 0 bridgehead atoms. The number of ketones is 1. The number of amides is 2. The maximum atomic E-state index is 13.3. The summed E-state index contributed by atoms with van der Waals surface area (Å²) in [6.45, 7) is 2.68. The molecule has 0 fully saturated rings. The minimum absolute atomic E-state index is 0.0717. The highest BCUT2D eigenvalue weighted by Gasteiger charge is 2.41. The van der Waals surface area contributed by atoms with E-state index >= 15 is 0 Å². The van der Waals surface area contributed by atoms with E-state index in [0.717, 1.165) is 21.9 Å². The van der Waals surface area contributed by atoms with Crippen molar-refractivity contribution in [2.24, 2.45) is 0 Å². The van der Waals surface area contributed by atoms with E-state index in [0.29, 0.717) is 5.56 Å². The van der Waals surface area contributed by atoms with Crippen molar-refractivity contribution in [2.45, 2.75) is 26.1 Å². The Kier molecular flexibility index (Phi) is 6.05. The molecule has 1 heterocycles. The molecule has 0 radical (unpaired) electrons. The van der Waals surface area contributed by atoms with Crippen LogP contribution in [0.2, 0.25) is 0 Å². The minimum Gasteiger partial charge on any atom is -0.478 e. The number of alkyl halides is 3. The van der Waals surface area contributed by atoms with Crippen molar-refractivity contribution in [3.63, 3.8) is 0 Å². The SMILES string of the molecule is C#Cc1ccc([C@@H]2C(C(C)=O)=C(C)N(c3cccc(C(F)(F)F)c3)C(=O)N2C)c(C(=O)O)c1. The van der Waals surface area contributed by atoms with E-state index in [9.17, 15) is 32.7 Å². The molecule has 0 unspecified atom stereocenters. The summed E-state index contributed by atoms with van der Waals surface area (Å²) >= 11 is 0. The zero-order chi connectivity index (χ0) is 24.7. The standard InChI is InChI=1S/C24H19F3N2O4/c1-5-15-9-10-18(19(11-15)22(31)32)21-20(14(3)30)13(2)29(23(33)28(21)4)17-8-6-7-16(12-17)24(25,26)27/h1,6-12,21H,2-4H3,(H,31,32)/t21-/m1/s1. The number of Topliss-reactive ketones (excluding diaryl/α,β-unsaturated/α-hetero) is 1. The van der Waals surface area contributed by atoms with Gasteiger partial charge in [0.2, 0.25) is 0 Å². The van der Waals surface area contributed by atoms with Crippen LogP contribution >= 0.6 is 0 Å². The van der Waals surface area contributed by atoms with Crippen LogP contribution in [0.1, 0.15) is 46.9 Å². The molecule has 9 heteroatoms. The van der Waals surface area contributed by atoms with Crippen LogP contribution < -0.4 is 4.90 Å². The van der Waals surface area contributed by atoms with E-state index in [1.807, 2.05) is 0 Å². The molecule has 2 aromatic carbocycles. The van der Waals surface area contributed by atoms with Gasteiger partial charge in [0.1, 0.15) is 0 Å². The molecule has 33 heavy (non-hydrogen) atoms. The van der Waals surface area contributed by atoms with Gasteiger partial charge in [0.25, 0.3) is 0 Å². The predicted octanol–water partition coefficient (Wildman–Crippen LogP) is 4.86. The summed E-state index contributed by atoms with van der Waals surface area (Å²) in [5.74, 6) is 0.570. The maximum absolute atomic E-state index is 13.3. The number of hydrogen-bond donors (Lipinski definition) is 1. The first kappa shape index (κ1) is 23.6. The van der Waals surface area contributed by atoms with Crippen molar-refractivity contribution in [3.05, 3.63) is 76.0 Å². The van der Waals surface area contributed by atoms with Crippen molar-refractivity contribution in [1.82, 2.24) is 4.90 Å². The number of carbonyl (C=O) groups excluding carboxylic acids is 2. The van der Waals surface area contributed by atoms with Crippen LogP contribution in [0.4, 0.5) is 23.7 Å². The maximum Gasteiger partial charge on any atom is 0.416 e. The number of terminal acetylenes is 1. The third-order valence-corrected chi connectivity index (χ3v) is 5.43. The quantitative estimate of drug-likeness (QED) is 0.667. The number of hydrogen-bond acceptors (Lipinski definition) is 3. The zero-order valence-corrected chi connectivity index (χ0v) is 17.9. The molecule has 2 amide bonds. The van der Waals surface area contributed by atoms with Gasteiger partial charge in [-0.3, -0.25) is 9.69 Å². The molecule has 0 saturated heterocycles. The number of urea groups is 1. The van der Waals surface area contributed by atoms with Crippen LogP contribution in [-0.2, 0) is 11.0 Å². The lowest BCUT2D eigenvalue weighted by atomic mass is 9.87. The molecule has 0 aliphatic carbocycles. The van der Waals surface area contributed by atoms with Gasteiger partial charge in [0, 0.05) is 23.9 Å². The van der Waals surface area contributed by atoms with E-state index in [-0.39, 0.29) is 28.1 Å². The first-order chi connectivity index (χ1) is 15.4. The average molecular weight is 456 g/mol. The van der Waals surface area contributed by atoms with Crippen LogP contribution in [0.25, 0.3) is 0 Å². The lowest BCUT2D eigenvalue weighted by molar-refractivity contribution is -0.137. The van der Waals surface area contributed by atoms with Crippen molar-refractivity contribution in [3.8, 4) is 12.3 Å². The number of likely N-dealkylation sites (N-methyl/N-ethyl adjacent to an activating group) is 1. The number of rotatable bonds is 4. The monoisotopic (exact) mass is 456 g/mol. The molecule has 6 nitrogen and oxygen atoms in total. The predicted molar refractivity (Wildman–Crippen MR) is 115 cm³/mol. The molecule has 1 aliphatic heterocycles. The van der Waals surface area contributed by atoms with E-state index in [1.165, 1.54) is 51.2 Å². The zero-order valence-electron chi connectivity index (χ0n) is 17.9. The molecule has 3 rings (SSSR count). The van der Waals surface area contributed by atoms with Gasteiger partial charge >= 0.3 is 18.2 Å². The molecule has 0 saturated carbocycles. The highest BCUT2D eigenvalue weighted by molar-refractivity contribution is 6.05. The Balaban J connectivity index is 2.26. The van der Waals surface area contributed by atoms with Crippen LogP contribution in [0, 0.1) is 12.3 Å².